The number of aromatic nitrogens is 5. The molecule has 0 saturated heterocycles. The van der Waals surface area contributed by atoms with E-state index in [9.17, 15) is 4.39 Å². The summed E-state index contributed by atoms with van der Waals surface area (Å²) in [7, 11) is 0. The van der Waals surface area contributed by atoms with Gasteiger partial charge in [0.1, 0.15) is 5.82 Å². The van der Waals surface area contributed by atoms with Crippen LogP contribution < -0.4 is 5.73 Å². The predicted molar refractivity (Wildman–Crippen MR) is 85.5 cm³/mol. The summed E-state index contributed by atoms with van der Waals surface area (Å²) in [5.74, 6) is -0.310. The van der Waals surface area contributed by atoms with Crippen molar-refractivity contribution in [1.29, 1.82) is 0 Å². The van der Waals surface area contributed by atoms with Crippen LogP contribution in [0, 0.1) is 12.7 Å². The number of anilines is 1. The minimum absolute atomic E-state index is 0.310. The van der Waals surface area contributed by atoms with Crippen LogP contribution in [0.5, 0.6) is 0 Å². The molecule has 7 nitrogen and oxygen atoms in total. The molecular formula is C16H13FN6O. The highest BCUT2D eigenvalue weighted by Crippen LogP contribution is 2.25. The summed E-state index contributed by atoms with van der Waals surface area (Å²) in [5, 5.41) is 11.9. The van der Waals surface area contributed by atoms with E-state index in [1.54, 1.807) is 35.1 Å². The number of rotatable bonds is 3. The number of hydrogen-bond donors (Lipinski definition) is 1. The Morgan fingerprint density at radius 2 is 2.04 bits per heavy atom. The van der Waals surface area contributed by atoms with Crippen molar-refractivity contribution in [2.75, 3.05) is 5.73 Å². The van der Waals surface area contributed by atoms with Crippen LogP contribution in [0.3, 0.4) is 0 Å². The number of nitrogens with two attached hydrogens (primary N) is 1. The van der Waals surface area contributed by atoms with Crippen molar-refractivity contribution in [3.8, 4) is 11.3 Å². The Morgan fingerprint density at radius 3 is 2.88 bits per heavy atom. The Balaban J connectivity index is 1.71. The van der Waals surface area contributed by atoms with Gasteiger partial charge in [0.05, 0.1) is 17.9 Å². The van der Waals surface area contributed by atoms with Crippen molar-refractivity contribution in [3.05, 3.63) is 53.6 Å². The third kappa shape index (κ3) is 2.28. The molecular weight excluding hydrogens is 311 g/mol. The average Bonchev–Trinajstić information content (AvgIpc) is 3.21. The zero-order valence-electron chi connectivity index (χ0n) is 12.8. The van der Waals surface area contributed by atoms with Gasteiger partial charge in [-0.25, -0.2) is 14.0 Å². The highest BCUT2D eigenvalue weighted by molar-refractivity contribution is 5.85. The minimum Gasteiger partial charge on any atom is -0.396 e. The third-order valence-electron chi connectivity index (χ3n) is 3.87. The summed E-state index contributed by atoms with van der Waals surface area (Å²) in [6.07, 6.45) is 1.77. The van der Waals surface area contributed by atoms with E-state index >= 15 is 0 Å². The molecule has 3 heterocycles. The van der Waals surface area contributed by atoms with Gasteiger partial charge in [0.25, 0.3) is 0 Å². The van der Waals surface area contributed by atoms with Gasteiger partial charge >= 0.3 is 0 Å². The van der Waals surface area contributed by atoms with E-state index < -0.39 is 0 Å². The summed E-state index contributed by atoms with van der Waals surface area (Å²) in [6.45, 7) is 2.23. The summed E-state index contributed by atoms with van der Waals surface area (Å²) in [4.78, 5) is 4.32. The molecule has 2 N–H and O–H groups in total. The molecule has 0 aliphatic rings. The van der Waals surface area contributed by atoms with Crippen LogP contribution in [-0.4, -0.2) is 25.1 Å². The molecule has 0 fully saturated rings. The molecule has 0 aliphatic carbocycles. The lowest BCUT2D eigenvalue weighted by atomic mass is 10.1. The van der Waals surface area contributed by atoms with Gasteiger partial charge in [0.2, 0.25) is 5.65 Å². The van der Waals surface area contributed by atoms with E-state index in [1.807, 2.05) is 6.92 Å². The number of pyridine rings is 1. The molecule has 4 rings (SSSR count). The molecule has 0 spiro atoms. The molecule has 24 heavy (non-hydrogen) atoms. The van der Waals surface area contributed by atoms with Gasteiger partial charge in [0.15, 0.2) is 5.52 Å². The Bertz CT molecular complexity index is 1040. The highest BCUT2D eigenvalue weighted by atomic mass is 19.1. The zero-order chi connectivity index (χ0) is 16.7. The summed E-state index contributed by atoms with van der Waals surface area (Å²) < 4.78 is 20.2. The Labute approximate surface area is 135 Å². The maximum absolute atomic E-state index is 13.9. The number of halogens is 1. The number of benzene rings is 1. The number of nitrogens with zero attached hydrogens (tertiary/aromatic N) is 5. The number of fused-ring (bicyclic) bond motifs is 1. The fourth-order valence-electron chi connectivity index (χ4n) is 2.62. The molecule has 8 heteroatoms. The van der Waals surface area contributed by atoms with Gasteiger partial charge in [-0.15, -0.1) is 0 Å². The van der Waals surface area contributed by atoms with Crippen LogP contribution >= 0.6 is 0 Å². The van der Waals surface area contributed by atoms with Crippen molar-refractivity contribution < 1.29 is 9.02 Å². The molecule has 0 bridgehead atoms. The molecule has 0 atom stereocenters. The lowest BCUT2D eigenvalue weighted by molar-refractivity contribution is 0.315. The van der Waals surface area contributed by atoms with Gasteiger partial charge in [-0.3, -0.25) is 4.68 Å². The fourth-order valence-corrected chi connectivity index (χ4v) is 2.62. The molecule has 4 aromatic rings. The van der Waals surface area contributed by atoms with Crippen LogP contribution in [0.2, 0.25) is 0 Å². The van der Waals surface area contributed by atoms with Crippen molar-refractivity contribution in [3.63, 3.8) is 0 Å². The molecule has 120 valence electrons. The zero-order valence-corrected chi connectivity index (χ0v) is 12.8. The fraction of sp³-hybridized carbons (Fsp3) is 0.125. The number of aryl methyl sites for hydroxylation is 1. The first-order valence-corrected chi connectivity index (χ1v) is 7.29. The summed E-state index contributed by atoms with van der Waals surface area (Å²) in [5.41, 5.74) is 9.93. The quantitative estimate of drug-likeness (QED) is 0.622. The van der Waals surface area contributed by atoms with E-state index in [-0.39, 0.29) is 5.82 Å². The Kier molecular flexibility index (Phi) is 3.23. The van der Waals surface area contributed by atoms with Gasteiger partial charge in [-0.1, -0.05) is 12.1 Å². The Hall–Kier alpha value is -3.29. The second kappa shape index (κ2) is 5.41. The van der Waals surface area contributed by atoms with E-state index in [4.69, 9.17) is 5.73 Å². The molecule has 3 aromatic heterocycles. The maximum Gasteiger partial charge on any atom is 0.226 e. The first-order valence-electron chi connectivity index (χ1n) is 7.29. The summed E-state index contributed by atoms with van der Waals surface area (Å²) >= 11 is 0. The van der Waals surface area contributed by atoms with Gasteiger partial charge in [0, 0.05) is 23.0 Å². The molecule has 0 radical (unpaired) electrons. The molecule has 0 aliphatic heterocycles. The van der Waals surface area contributed by atoms with E-state index in [0.717, 1.165) is 11.3 Å². The van der Waals surface area contributed by atoms with E-state index in [1.165, 1.54) is 6.07 Å². The lowest BCUT2D eigenvalue weighted by Crippen LogP contribution is -2.08. The average molecular weight is 324 g/mol. The third-order valence-corrected chi connectivity index (χ3v) is 3.87. The largest absolute Gasteiger partial charge is 0.396 e. The number of nitrogen functional groups attached to an aromatic ring is 1. The van der Waals surface area contributed by atoms with Crippen molar-refractivity contribution >= 4 is 16.9 Å². The van der Waals surface area contributed by atoms with Crippen LogP contribution in [0.15, 0.2) is 41.2 Å². The standard InChI is InChI=1S/C16H13FN6O/c1-9-11(14(18)15-16(19-9)22-24-21-15)8-23-7-6-13(20-23)10-4-2-3-5-12(10)17/h2-7H,8,18H2,1H3. The van der Waals surface area contributed by atoms with Gasteiger partial charge in [-0.05, 0) is 35.4 Å². The molecule has 1 aromatic carbocycles. The topological polar surface area (TPSA) is 95.6 Å². The SMILES string of the molecule is Cc1nc2nonc2c(N)c1Cn1ccc(-c2ccccc2F)n1. The van der Waals surface area contributed by atoms with Crippen LogP contribution in [0.25, 0.3) is 22.4 Å². The molecule has 0 saturated carbocycles. The smallest absolute Gasteiger partial charge is 0.226 e. The summed E-state index contributed by atoms with van der Waals surface area (Å²) in [6, 6.07) is 8.28. The second-order valence-corrected chi connectivity index (χ2v) is 5.40. The number of hydrogen-bond acceptors (Lipinski definition) is 6. The van der Waals surface area contributed by atoms with Gasteiger partial charge < -0.3 is 5.73 Å². The van der Waals surface area contributed by atoms with Crippen molar-refractivity contribution in [2.45, 2.75) is 13.5 Å². The lowest BCUT2D eigenvalue weighted by Gasteiger charge is -2.08. The van der Waals surface area contributed by atoms with Crippen LogP contribution in [0.4, 0.5) is 10.1 Å². The first kappa shape index (κ1) is 14.3. The second-order valence-electron chi connectivity index (χ2n) is 5.40. The van der Waals surface area contributed by atoms with E-state index in [0.29, 0.717) is 34.7 Å². The molecule has 0 unspecified atom stereocenters. The highest BCUT2D eigenvalue weighted by Gasteiger charge is 2.15. The predicted octanol–water partition coefficient (Wildman–Crippen LogP) is 2.56. The van der Waals surface area contributed by atoms with Crippen LogP contribution in [-0.2, 0) is 6.54 Å². The maximum atomic E-state index is 13.9. The van der Waals surface area contributed by atoms with Crippen molar-refractivity contribution in [1.82, 2.24) is 25.1 Å². The normalized spacial score (nSPS) is 11.2. The van der Waals surface area contributed by atoms with E-state index in [2.05, 4.69) is 25.0 Å². The minimum atomic E-state index is -0.310. The molecule has 0 amide bonds. The van der Waals surface area contributed by atoms with Gasteiger partial charge in [-0.2, -0.15) is 5.10 Å². The van der Waals surface area contributed by atoms with Crippen LogP contribution in [0.1, 0.15) is 11.3 Å². The monoisotopic (exact) mass is 324 g/mol. The first-order chi connectivity index (χ1) is 11.6. The Morgan fingerprint density at radius 1 is 1.21 bits per heavy atom. The van der Waals surface area contributed by atoms with Crippen molar-refractivity contribution in [2.24, 2.45) is 0 Å².